The molecule has 1 aliphatic heterocycles. The fraction of sp³-hybridized carbons (Fsp3) is 0.250. The molecule has 0 radical (unpaired) electrons. The summed E-state index contributed by atoms with van der Waals surface area (Å²) in [6, 6.07) is 10.7. The Balaban J connectivity index is 1.53. The number of likely N-dealkylation sites (tertiary alicyclic amines) is 1. The molecule has 0 aromatic carbocycles. The van der Waals surface area contributed by atoms with E-state index in [0.717, 1.165) is 36.3 Å². The fourth-order valence-electron chi connectivity index (χ4n) is 3.00. The lowest BCUT2D eigenvalue weighted by Gasteiger charge is -2.39. The number of hydrogen-bond acceptors (Lipinski definition) is 3. The van der Waals surface area contributed by atoms with Crippen LogP contribution >= 0.6 is 0 Å². The number of pyridine rings is 1. The fourth-order valence-corrected chi connectivity index (χ4v) is 3.00. The summed E-state index contributed by atoms with van der Waals surface area (Å²) in [5.74, 6) is 0. The largest absolute Gasteiger partial charge is 0.322 e. The topological polar surface area (TPSA) is 49.3 Å². The van der Waals surface area contributed by atoms with E-state index in [9.17, 15) is 5.26 Å². The van der Waals surface area contributed by atoms with Crippen molar-refractivity contribution in [2.75, 3.05) is 13.1 Å². The van der Waals surface area contributed by atoms with Gasteiger partial charge in [0.1, 0.15) is 6.07 Å². The average Bonchev–Trinajstić information content (AvgIpc) is 3.09. The highest BCUT2D eigenvalue weighted by Gasteiger charge is 2.29. The Labute approximate surface area is 122 Å². The highest BCUT2D eigenvalue weighted by molar-refractivity contribution is 5.65. The first-order valence-electron chi connectivity index (χ1n) is 7.05. The molecule has 1 fully saturated rings. The van der Waals surface area contributed by atoms with Crippen LogP contribution < -0.4 is 0 Å². The highest BCUT2D eigenvalue weighted by atomic mass is 15.4. The molecular formula is C16H15N5. The minimum absolute atomic E-state index is 0.461. The van der Waals surface area contributed by atoms with Crippen molar-refractivity contribution in [3.05, 3.63) is 60.2 Å². The summed E-state index contributed by atoms with van der Waals surface area (Å²) in [5, 5.41) is 13.7. The van der Waals surface area contributed by atoms with Gasteiger partial charge in [-0.25, -0.2) is 0 Å². The van der Waals surface area contributed by atoms with E-state index >= 15 is 0 Å². The zero-order valence-electron chi connectivity index (χ0n) is 11.6. The Hall–Kier alpha value is -2.58. The predicted octanol–water partition coefficient (Wildman–Crippen LogP) is 2.06. The Morgan fingerprint density at radius 3 is 2.90 bits per heavy atom. The van der Waals surface area contributed by atoms with E-state index in [4.69, 9.17) is 0 Å². The number of nitrogens with zero attached hydrogens (tertiary/aromatic N) is 5. The number of aromatic nitrogens is 3. The zero-order chi connectivity index (χ0) is 14.2. The van der Waals surface area contributed by atoms with Crippen LogP contribution in [0.25, 0.3) is 5.52 Å². The molecule has 3 aromatic heterocycles. The van der Waals surface area contributed by atoms with Crippen molar-refractivity contribution >= 4 is 5.52 Å². The summed E-state index contributed by atoms with van der Waals surface area (Å²) >= 11 is 0. The average molecular weight is 277 g/mol. The van der Waals surface area contributed by atoms with Gasteiger partial charge in [0.25, 0.3) is 0 Å². The zero-order valence-corrected chi connectivity index (χ0v) is 11.6. The monoisotopic (exact) mass is 277 g/mol. The second-order valence-corrected chi connectivity index (χ2v) is 5.47. The molecule has 0 aliphatic carbocycles. The van der Waals surface area contributed by atoms with Crippen LogP contribution in [0.5, 0.6) is 0 Å². The molecule has 0 amide bonds. The quantitative estimate of drug-likeness (QED) is 0.736. The van der Waals surface area contributed by atoms with E-state index < -0.39 is 0 Å². The van der Waals surface area contributed by atoms with Crippen LogP contribution in [0.3, 0.4) is 0 Å². The van der Waals surface area contributed by atoms with Crippen LogP contribution in [0.4, 0.5) is 0 Å². The molecule has 5 nitrogen and oxygen atoms in total. The van der Waals surface area contributed by atoms with Crippen molar-refractivity contribution in [1.82, 2.24) is 19.1 Å². The number of nitriles is 1. The summed E-state index contributed by atoms with van der Waals surface area (Å²) < 4.78 is 4.04. The van der Waals surface area contributed by atoms with Gasteiger partial charge < -0.3 is 4.40 Å². The summed E-state index contributed by atoms with van der Waals surface area (Å²) in [7, 11) is 0. The third kappa shape index (κ3) is 2.01. The van der Waals surface area contributed by atoms with Crippen molar-refractivity contribution in [1.29, 1.82) is 5.26 Å². The molecule has 5 heteroatoms. The number of fused-ring (bicyclic) bond motifs is 1. The molecule has 1 saturated heterocycles. The molecule has 0 bridgehead atoms. The number of hydrogen-bond donors (Lipinski definition) is 0. The summed E-state index contributed by atoms with van der Waals surface area (Å²) in [6.45, 7) is 2.79. The molecule has 21 heavy (non-hydrogen) atoms. The minimum Gasteiger partial charge on any atom is -0.322 e. The van der Waals surface area contributed by atoms with Crippen molar-refractivity contribution in [2.24, 2.45) is 0 Å². The Morgan fingerprint density at radius 2 is 2.14 bits per heavy atom. The van der Waals surface area contributed by atoms with Crippen molar-refractivity contribution < 1.29 is 0 Å². The van der Waals surface area contributed by atoms with E-state index in [1.165, 1.54) is 0 Å². The van der Waals surface area contributed by atoms with Crippen LogP contribution in [0.2, 0.25) is 0 Å². The summed E-state index contributed by atoms with van der Waals surface area (Å²) in [6.07, 6.45) is 7.88. The molecular weight excluding hydrogens is 262 g/mol. The molecule has 0 saturated carbocycles. The smallest absolute Gasteiger partial charge is 0.102 e. The lowest BCUT2D eigenvalue weighted by Crippen LogP contribution is -2.47. The van der Waals surface area contributed by atoms with Gasteiger partial charge in [-0.1, -0.05) is 6.07 Å². The Kier molecular flexibility index (Phi) is 2.76. The van der Waals surface area contributed by atoms with Crippen molar-refractivity contribution in [3.63, 3.8) is 0 Å². The summed E-state index contributed by atoms with van der Waals surface area (Å²) in [4.78, 5) is 2.35. The third-order valence-corrected chi connectivity index (χ3v) is 4.10. The molecule has 3 aromatic rings. The molecule has 0 atom stereocenters. The first kappa shape index (κ1) is 12.2. The maximum absolute atomic E-state index is 9.42. The normalized spacial score (nSPS) is 16.0. The van der Waals surface area contributed by atoms with Gasteiger partial charge in [-0.3, -0.25) is 9.58 Å². The molecule has 4 heterocycles. The molecule has 104 valence electrons. The highest BCUT2D eigenvalue weighted by Crippen LogP contribution is 2.25. The van der Waals surface area contributed by atoms with Gasteiger partial charge in [0.05, 0.1) is 17.1 Å². The van der Waals surface area contributed by atoms with Crippen molar-refractivity contribution in [3.8, 4) is 6.07 Å². The third-order valence-electron chi connectivity index (χ3n) is 4.10. The SMILES string of the molecule is N#Cc1c(CN2CC(n3cccn3)C2)cn2ccccc12. The molecule has 4 rings (SSSR count). The first-order chi connectivity index (χ1) is 10.3. The standard InChI is InChI=1S/C16H15N5/c17-8-15-13(10-20-6-2-1-4-16(15)20)9-19-11-14(12-19)21-7-3-5-18-21/h1-7,10,14H,9,11-12H2. The van der Waals surface area contributed by atoms with Crippen LogP contribution in [0.15, 0.2) is 49.1 Å². The van der Waals surface area contributed by atoms with Crippen molar-refractivity contribution in [2.45, 2.75) is 12.6 Å². The molecule has 1 aliphatic rings. The lowest BCUT2D eigenvalue weighted by atomic mass is 10.1. The molecule has 0 unspecified atom stereocenters. The summed E-state index contributed by atoms with van der Waals surface area (Å²) in [5.41, 5.74) is 2.87. The number of rotatable bonds is 3. The maximum atomic E-state index is 9.42. The molecule has 0 spiro atoms. The van der Waals surface area contributed by atoms with Crippen LogP contribution in [-0.4, -0.2) is 32.2 Å². The lowest BCUT2D eigenvalue weighted by molar-refractivity contribution is 0.0909. The maximum Gasteiger partial charge on any atom is 0.102 e. The molecule has 0 N–H and O–H groups in total. The van der Waals surface area contributed by atoms with E-state index in [0.29, 0.717) is 6.04 Å². The van der Waals surface area contributed by atoms with Crippen LogP contribution in [-0.2, 0) is 6.54 Å². The van der Waals surface area contributed by atoms with Gasteiger partial charge in [-0.15, -0.1) is 0 Å². The van der Waals surface area contributed by atoms with Gasteiger partial charge >= 0.3 is 0 Å². The Morgan fingerprint density at radius 1 is 1.24 bits per heavy atom. The first-order valence-corrected chi connectivity index (χ1v) is 7.05. The van der Waals surface area contributed by atoms with Gasteiger partial charge in [-0.05, 0) is 18.2 Å². The van der Waals surface area contributed by atoms with Crippen LogP contribution in [0.1, 0.15) is 17.2 Å². The Bertz CT molecular complexity index is 803. The van der Waals surface area contributed by atoms with Gasteiger partial charge in [0.15, 0.2) is 0 Å². The van der Waals surface area contributed by atoms with E-state index in [1.54, 1.807) is 0 Å². The minimum atomic E-state index is 0.461. The van der Waals surface area contributed by atoms with E-state index in [2.05, 4.69) is 22.3 Å². The van der Waals surface area contributed by atoms with Gasteiger partial charge in [-0.2, -0.15) is 10.4 Å². The van der Waals surface area contributed by atoms with Crippen LogP contribution in [0, 0.1) is 11.3 Å². The van der Waals surface area contributed by atoms with Gasteiger partial charge in [0.2, 0.25) is 0 Å². The second kappa shape index (κ2) is 4.76. The predicted molar refractivity (Wildman–Crippen MR) is 78.7 cm³/mol. The second-order valence-electron chi connectivity index (χ2n) is 5.47. The van der Waals surface area contributed by atoms with E-state index in [-0.39, 0.29) is 0 Å². The van der Waals surface area contributed by atoms with Gasteiger partial charge in [0, 0.05) is 50.0 Å². The van der Waals surface area contributed by atoms with E-state index in [1.807, 2.05) is 51.9 Å².